The molecule has 0 atom stereocenters. The topological polar surface area (TPSA) is 62.0 Å². The van der Waals surface area contributed by atoms with E-state index in [0.717, 1.165) is 0 Å². The number of anilines is 1. The monoisotopic (exact) mass is 298 g/mol. The normalized spacial score (nSPS) is 10.5. The predicted molar refractivity (Wildman–Crippen MR) is 84.0 cm³/mol. The van der Waals surface area contributed by atoms with Crippen LogP contribution in [0.5, 0.6) is 0 Å². The van der Waals surface area contributed by atoms with Gasteiger partial charge in [-0.25, -0.2) is 0 Å². The molecule has 3 rings (SSSR count). The van der Waals surface area contributed by atoms with E-state index in [1.54, 1.807) is 54.7 Å². The number of rotatable bonds is 2. The van der Waals surface area contributed by atoms with Crippen molar-refractivity contribution in [3.63, 3.8) is 0 Å². The third kappa shape index (κ3) is 2.66. The van der Waals surface area contributed by atoms with Gasteiger partial charge in [0.15, 0.2) is 0 Å². The van der Waals surface area contributed by atoms with E-state index in [2.05, 4.69) is 10.3 Å². The quantitative estimate of drug-likeness (QED) is 0.761. The van der Waals surface area contributed by atoms with E-state index < -0.39 is 0 Å². The molecule has 0 aliphatic carbocycles. The fraction of sp³-hybridized carbons (Fsp3) is 0. The Morgan fingerprint density at radius 3 is 2.52 bits per heavy atom. The summed E-state index contributed by atoms with van der Waals surface area (Å²) in [5.74, 6) is -0.251. The van der Waals surface area contributed by atoms with Crippen LogP contribution >= 0.6 is 11.6 Å². The Morgan fingerprint density at radius 2 is 1.76 bits per heavy atom. The number of aromatic nitrogens is 1. The molecule has 0 saturated heterocycles. The van der Waals surface area contributed by atoms with Gasteiger partial charge in [0.2, 0.25) is 0 Å². The van der Waals surface area contributed by atoms with Crippen molar-refractivity contribution in [2.45, 2.75) is 0 Å². The molecule has 1 aromatic heterocycles. The number of pyridine rings is 1. The molecular weight excluding hydrogens is 288 g/mol. The fourth-order valence-corrected chi connectivity index (χ4v) is 2.25. The Bertz CT molecular complexity index is 869. The number of halogens is 1. The van der Waals surface area contributed by atoms with Crippen molar-refractivity contribution in [2.75, 3.05) is 5.32 Å². The first-order valence-electron chi connectivity index (χ1n) is 6.32. The van der Waals surface area contributed by atoms with E-state index in [0.29, 0.717) is 27.0 Å². The van der Waals surface area contributed by atoms with E-state index in [9.17, 15) is 9.59 Å². The SMILES string of the molecule is O=C(Nc1cccc2c(=O)[nH]ccc12)c1ccc(Cl)cc1. The Labute approximate surface area is 125 Å². The van der Waals surface area contributed by atoms with Gasteiger partial charge in [0.25, 0.3) is 11.5 Å². The number of hydrogen-bond acceptors (Lipinski definition) is 2. The molecule has 1 heterocycles. The third-order valence-corrected chi connectivity index (χ3v) is 3.42. The molecule has 2 aromatic carbocycles. The summed E-state index contributed by atoms with van der Waals surface area (Å²) in [5, 5.41) is 4.62. The Balaban J connectivity index is 1.98. The van der Waals surface area contributed by atoms with Crippen molar-refractivity contribution < 1.29 is 4.79 Å². The van der Waals surface area contributed by atoms with Crippen molar-refractivity contribution in [2.24, 2.45) is 0 Å². The Hall–Kier alpha value is -2.59. The summed E-state index contributed by atoms with van der Waals surface area (Å²) in [7, 11) is 0. The summed E-state index contributed by atoms with van der Waals surface area (Å²) in [6.07, 6.45) is 1.56. The highest BCUT2D eigenvalue weighted by Gasteiger charge is 2.09. The van der Waals surface area contributed by atoms with Crippen LogP contribution in [0.1, 0.15) is 10.4 Å². The maximum atomic E-state index is 12.2. The molecule has 21 heavy (non-hydrogen) atoms. The van der Waals surface area contributed by atoms with Gasteiger partial charge >= 0.3 is 0 Å². The molecule has 5 heteroatoms. The molecule has 3 aromatic rings. The first kappa shape index (κ1) is 13.4. The molecule has 0 unspecified atom stereocenters. The molecule has 104 valence electrons. The van der Waals surface area contributed by atoms with Gasteiger partial charge in [0.1, 0.15) is 0 Å². The average molecular weight is 299 g/mol. The zero-order valence-corrected chi connectivity index (χ0v) is 11.6. The number of carbonyl (C=O) groups is 1. The third-order valence-electron chi connectivity index (χ3n) is 3.17. The van der Waals surface area contributed by atoms with Crippen LogP contribution in [0.15, 0.2) is 59.5 Å². The van der Waals surface area contributed by atoms with Crippen molar-refractivity contribution in [1.82, 2.24) is 4.98 Å². The largest absolute Gasteiger partial charge is 0.329 e. The maximum absolute atomic E-state index is 12.2. The van der Waals surface area contributed by atoms with Crippen LogP contribution in [-0.2, 0) is 0 Å². The minimum atomic E-state index is -0.251. The first-order chi connectivity index (χ1) is 10.1. The standard InChI is InChI=1S/C16H11ClN2O2/c17-11-6-4-10(5-7-11)15(20)19-14-3-1-2-13-12(14)8-9-18-16(13)21/h1-9H,(H,18,21)(H,19,20). The fourth-order valence-electron chi connectivity index (χ4n) is 2.13. The van der Waals surface area contributed by atoms with Crippen LogP contribution in [0, 0.1) is 0 Å². The molecule has 4 nitrogen and oxygen atoms in total. The van der Waals surface area contributed by atoms with E-state index >= 15 is 0 Å². The molecule has 2 N–H and O–H groups in total. The first-order valence-corrected chi connectivity index (χ1v) is 6.70. The Kier molecular flexibility index (Phi) is 3.46. The number of aromatic amines is 1. The van der Waals surface area contributed by atoms with Gasteiger partial charge in [-0.1, -0.05) is 17.7 Å². The van der Waals surface area contributed by atoms with Crippen molar-refractivity contribution in [1.29, 1.82) is 0 Å². The lowest BCUT2D eigenvalue weighted by atomic mass is 10.1. The molecule has 0 spiro atoms. The zero-order valence-electron chi connectivity index (χ0n) is 10.9. The van der Waals surface area contributed by atoms with Crippen molar-refractivity contribution in [3.8, 4) is 0 Å². The van der Waals surface area contributed by atoms with Gasteiger partial charge in [-0.15, -0.1) is 0 Å². The lowest BCUT2D eigenvalue weighted by Gasteiger charge is -2.08. The summed E-state index contributed by atoms with van der Waals surface area (Å²) in [6.45, 7) is 0. The molecule has 0 bridgehead atoms. The van der Waals surface area contributed by atoms with Crippen LogP contribution in [-0.4, -0.2) is 10.9 Å². The second-order valence-corrected chi connectivity index (χ2v) is 4.97. The van der Waals surface area contributed by atoms with Gasteiger partial charge in [-0.05, 0) is 42.5 Å². The number of nitrogens with one attached hydrogen (secondary N) is 2. The number of H-pyrrole nitrogens is 1. The number of benzene rings is 2. The molecule has 0 aliphatic rings. The van der Waals surface area contributed by atoms with Crippen molar-refractivity contribution >= 4 is 34.0 Å². The number of fused-ring (bicyclic) bond motifs is 1. The smallest absolute Gasteiger partial charge is 0.255 e. The van der Waals surface area contributed by atoms with E-state index in [1.165, 1.54) is 0 Å². The van der Waals surface area contributed by atoms with E-state index in [1.807, 2.05) is 0 Å². The number of amides is 1. The molecule has 0 saturated carbocycles. The highest BCUT2D eigenvalue weighted by molar-refractivity contribution is 6.30. The summed E-state index contributed by atoms with van der Waals surface area (Å²) in [6, 6.07) is 13.6. The summed E-state index contributed by atoms with van der Waals surface area (Å²) < 4.78 is 0. The predicted octanol–water partition coefficient (Wildman–Crippen LogP) is 3.43. The highest BCUT2D eigenvalue weighted by atomic mass is 35.5. The zero-order chi connectivity index (χ0) is 14.8. The second-order valence-electron chi connectivity index (χ2n) is 4.53. The number of carbonyl (C=O) groups excluding carboxylic acids is 1. The van der Waals surface area contributed by atoms with E-state index in [4.69, 9.17) is 11.6 Å². The van der Waals surface area contributed by atoms with Gasteiger partial charge in [0.05, 0.1) is 0 Å². The minimum Gasteiger partial charge on any atom is -0.329 e. The number of hydrogen-bond donors (Lipinski definition) is 2. The second kappa shape index (κ2) is 5.42. The molecule has 0 fully saturated rings. The van der Waals surface area contributed by atoms with Crippen molar-refractivity contribution in [3.05, 3.63) is 75.7 Å². The lowest BCUT2D eigenvalue weighted by Crippen LogP contribution is -2.13. The van der Waals surface area contributed by atoms with E-state index in [-0.39, 0.29) is 11.5 Å². The summed E-state index contributed by atoms with van der Waals surface area (Å²) in [4.78, 5) is 26.6. The van der Waals surface area contributed by atoms with Gasteiger partial charge in [-0.2, -0.15) is 0 Å². The van der Waals surface area contributed by atoms with Crippen LogP contribution in [0.25, 0.3) is 10.8 Å². The lowest BCUT2D eigenvalue weighted by molar-refractivity contribution is 0.102. The summed E-state index contributed by atoms with van der Waals surface area (Å²) in [5.41, 5.74) is 0.912. The minimum absolute atomic E-state index is 0.185. The molecule has 0 radical (unpaired) electrons. The van der Waals surface area contributed by atoms with Crippen LogP contribution in [0.3, 0.4) is 0 Å². The summed E-state index contributed by atoms with van der Waals surface area (Å²) >= 11 is 5.80. The van der Waals surface area contributed by atoms with Crippen LogP contribution < -0.4 is 10.9 Å². The molecule has 1 amide bonds. The average Bonchev–Trinajstić information content (AvgIpc) is 2.49. The van der Waals surface area contributed by atoms with Gasteiger partial charge in [-0.3, -0.25) is 9.59 Å². The molecular formula is C16H11ClN2O2. The van der Waals surface area contributed by atoms with Gasteiger partial charge < -0.3 is 10.3 Å². The van der Waals surface area contributed by atoms with Crippen LogP contribution in [0.4, 0.5) is 5.69 Å². The highest BCUT2D eigenvalue weighted by Crippen LogP contribution is 2.21. The Morgan fingerprint density at radius 1 is 1.00 bits per heavy atom. The maximum Gasteiger partial charge on any atom is 0.255 e. The van der Waals surface area contributed by atoms with Crippen LogP contribution in [0.2, 0.25) is 5.02 Å². The molecule has 0 aliphatic heterocycles. The van der Waals surface area contributed by atoms with Gasteiger partial charge in [0, 0.05) is 33.2 Å².